The van der Waals surface area contributed by atoms with E-state index in [0.717, 1.165) is 39.4 Å². The van der Waals surface area contributed by atoms with E-state index in [9.17, 15) is 4.79 Å². The Balaban J connectivity index is 1.58. The zero-order valence-corrected chi connectivity index (χ0v) is 18.7. The van der Waals surface area contributed by atoms with Crippen LogP contribution in [0.1, 0.15) is 23.7 Å². The lowest BCUT2D eigenvalue weighted by Crippen LogP contribution is -2.21. The van der Waals surface area contributed by atoms with Crippen molar-refractivity contribution in [2.24, 2.45) is 5.10 Å². The number of hydrazone groups is 1. The highest BCUT2D eigenvalue weighted by Crippen LogP contribution is 2.31. The van der Waals surface area contributed by atoms with Gasteiger partial charge in [0.15, 0.2) is 0 Å². The van der Waals surface area contributed by atoms with Crippen LogP contribution in [0.3, 0.4) is 0 Å². The van der Waals surface area contributed by atoms with Gasteiger partial charge in [-0.25, -0.2) is 0 Å². The van der Waals surface area contributed by atoms with Crippen molar-refractivity contribution < 1.29 is 4.79 Å². The predicted octanol–water partition coefficient (Wildman–Crippen LogP) is 6.46. The molecule has 4 aromatic rings. The number of para-hydroxylation sites is 2. The number of nitrogens with zero attached hydrogens (tertiary/aromatic N) is 3. The van der Waals surface area contributed by atoms with Gasteiger partial charge in [-0.15, -0.1) is 0 Å². The average Bonchev–Trinajstić information content (AvgIpc) is 3.24. The molecule has 0 unspecified atom stereocenters. The van der Waals surface area contributed by atoms with Crippen molar-refractivity contribution in [3.8, 4) is 0 Å². The monoisotopic (exact) mass is 439 g/mol. The number of anilines is 1. The molecule has 158 valence electrons. The Morgan fingerprint density at radius 2 is 1.59 bits per heavy atom. The summed E-state index contributed by atoms with van der Waals surface area (Å²) in [5.41, 5.74) is 6.55. The first kappa shape index (κ1) is 20.3. The summed E-state index contributed by atoms with van der Waals surface area (Å²) >= 11 is 6.06. The van der Waals surface area contributed by atoms with Crippen LogP contribution in [0.5, 0.6) is 0 Å². The van der Waals surface area contributed by atoms with E-state index in [1.165, 1.54) is 10.6 Å². The Morgan fingerprint density at radius 3 is 2.34 bits per heavy atom. The molecule has 1 aromatic heterocycles. The molecule has 0 aliphatic carbocycles. The van der Waals surface area contributed by atoms with Crippen LogP contribution in [0, 0.1) is 6.92 Å². The largest absolute Gasteiger partial charge is 0.340 e. The average molecular weight is 440 g/mol. The number of halogens is 1. The Hall–Kier alpha value is -3.63. The van der Waals surface area contributed by atoms with Gasteiger partial charge in [-0.05, 0) is 55.8 Å². The third-order valence-corrected chi connectivity index (χ3v) is 6.14. The van der Waals surface area contributed by atoms with Gasteiger partial charge in [0.2, 0.25) is 0 Å². The second-order valence-corrected chi connectivity index (χ2v) is 8.36. The van der Waals surface area contributed by atoms with Crippen LogP contribution >= 0.6 is 11.6 Å². The first-order valence-corrected chi connectivity index (χ1v) is 10.9. The maximum Gasteiger partial charge on any atom is 0.280 e. The lowest BCUT2D eigenvalue weighted by Gasteiger charge is -2.11. The number of rotatable bonds is 4. The second kappa shape index (κ2) is 8.13. The molecule has 5 rings (SSSR count). The van der Waals surface area contributed by atoms with E-state index in [0.29, 0.717) is 11.3 Å². The predicted molar refractivity (Wildman–Crippen MR) is 132 cm³/mol. The molecule has 1 aliphatic rings. The fraction of sp³-hybridized carbons (Fsp3) is 0.111. The molecule has 0 N–H and O–H groups in total. The summed E-state index contributed by atoms with van der Waals surface area (Å²) in [7, 11) is 0. The molecule has 1 aliphatic heterocycles. The third-order valence-electron chi connectivity index (χ3n) is 5.89. The molecule has 0 bridgehead atoms. The minimum Gasteiger partial charge on any atom is -0.340 e. The molecule has 0 spiro atoms. The molecule has 4 nitrogen and oxygen atoms in total. The van der Waals surface area contributed by atoms with Crippen LogP contribution in [0.4, 0.5) is 5.69 Å². The van der Waals surface area contributed by atoms with Gasteiger partial charge in [-0.3, -0.25) is 4.79 Å². The number of fused-ring (bicyclic) bond motifs is 1. The standard InChI is InChI=1S/C27H22ClN3O/c1-18-24(27(32)31(29-18)22-8-4-3-5-9-22)16-25-19(2)30(26-11-7-6-10-23(25)26)17-20-12-14-21(28)15-13-20/h3-16H,17H2,1-2H3/b24-16+. The lowest BCUT2D eigenvalue weighted by atomic mass is 10.0. The molecule has 2 heterocycles. The second-order valence-electron chi connectivity index (χ2n) is 7.92. The molecule has 0 radical (unpaired) electrons. The SMILES string of the molecule is CC1=NN(c2ccccc2)C(=O)/C1=C/c1c(C)n(Cc2ccc(Cl)cc2)c2ccccc12. The van der Waals surface area contributed by atoms with E-state index in [4.69, 9.17) is 11.6 Å². The van der Waals surface area contributed by atoms with E-state index in [-0.39, 0.29) is 5.91 Å². The van der Waals surface area contributed by atoms with E-state index in [2.05, 4.69) is 28.7 Å². The molecular weight excluding hydrogens is 418 g/mol. The highest BCUT2D eigenvalue weighted by atomic mass is 35.5. The number of hydrogen-bond donors (Lipinski definition) is 0. The van der Waals surface area contributed by atoms with E-state index in [1.54, 1.807) is 0 Å². The number of aromatic nitrogens is 1. The fourth-order valence-electron chi connectivity index (χ4n) is 4.19. The highest BCUT2D eigenvalue weighted by molar-refractivity contribution is 6.32. The zero-order chi connectivity index (χ0) is 22.2. The third kappa shape index (κ3) is 3.53. The molecule has 0 saturated heterocycles. The van der Waals surface area contributed by atoms with Gasteiger partial charge in [-0.1, -0.05) is 60.1 Å². The molecule has 3 aromatic carbocycles. The summed E-state index contributed by atoms with van der Waals surface area (Å²) in [6, 6.07) is 25.7. The molecule has 0 saturated carbocycles. The van der Waals surface area contributed by atoms with Crippen molar-refractivity contribution in [1.29, 1.82) is 0 Å². The van der Waals surface area contributed by atoms with Crippen molar-refractivity contribution in [3.05, 3.63) is 106 Å². The molecule has 1 amide bonds. The van der Waals surface area contributed by atoms with Gasteiger partial charge in [0.25, 0.3) is 5.91 Å². The fourth-order valence-corrected chi connectivity index (χ4v) is 4.31. The Kier molecular flexibility index (Phi) is 5.16. The number of carbonyl (C=O) groups is 1. The summed E-state index contributed by atoms with van der Waals surface area (Å²) in [5, 5.41) is 7.84. The first-order chi connectivity index (χ1) is 15.5. The molecule has 5 heteroatoms. The normalized spacial score (nSPS) is 15.1. The summed E-state index contributed by atoms with van der Waals surface area (Å²) in [6.07, 6.45) is 1.99. The molecular formula is C27H22ClN3O. The molecule has 0 atom stereocenters. The Morgan fingerprint density at radius 1 is 0.906 bits per heavy atom. The topological polar surface area (TPSA) is 37.6 Å². The van der Waals surface area contributed by atoms with Crippen LogP contribution in [0.2, 0.25) is 5.02 Å². The summed E-state index contributed by atoms with van der Waals surface area (Å²) in [6.45, 7) is 4.71. The van der Waals surface area contributed by atoms with Gasteiger partial charge < -0.3 is 4.57 Å². The summed E-state index contributed by atoms with van der Waals surface area (Å²) in [5.74, 6) is -0.109. The van der Waals surface area contributed by atoms with Crippen LogP contribution in [0.25, 0.3) is 17.0 Å². The number of amides is 1. The summed E-state index contributed by atoms with van der Waals surface area (Å²) < 4.78 is 2.28. The van der Waals surface area contributed by atoms with Crippen LogP contribution in [-0.2, 0) is 11.3 Å². The van der Waals surface area contributed by atoms with Gasteiger partial charge in [0.1, 0.15) is 0 Å². The lowest BCUT2D eigenvalue weighted by molar-refractivity contribution is -0.114. The van der Waals surface area contributed by atoms with Gasteiger partial charge in [-0.2, -0.15) is 10.1 Å². The first-order valence-electron chi connectivity index (χ1n) is 10.5. The maximum absolute atomic E-state index is 13.2. The quantitative estimate of drug-likeness (QED) is 0.336. The highest BCUT2D eigenvalue weighted by Gasteiger charge is 2.29. The maximum atomic E-state index is 13.2. The Labute approximate surface area is 192 Å². The van der Waals surface area contributed by atoms with Crippen molar-refractivity contribution in [1.82, 2.24) is 4.57 Å². The minimum atomic E-state index is -0.109. The minimum absolute atomic E-state index is 0.109. The van der Waals surface area contributed by atoms with Crippen molar-refractivity contribution >= 4 is 45.9 Å². The number of hydrogen-bond acceptors (Lipinski definition) is 2. The van der Waals surface area contributed by atoms with Crippen molar-refractivity contribution in [2.45, 2.75) is 20.4 Å². The van der Waals surface area contributed by atoms with E-state index in [1.807, 2.05) is 79.7 Å². The van der Waals surface area contributed by atoms with E-state index >= 15 is 0 Å². The molecule has 0 fully saturated rings. The van der Waals surface area contributed by atoms with Gasteiger partial charge >= 0.3 is 0 Å². The van der Waals surface area contributed by atoms with Gasteiger partial charge in [0.05, 0.1) is 17.0 Å². The van der Waals surface area contributed by atoms with Crippen molar-refractivity contribution in [2.75, 3.05) is 5.01 Å². The zero-order valence-electron chi connectivity index (χ0n) is 17.9. The van der Waals surface area contributed by atoms with Crippen LogP contribution < -0.4 is 5.01 Å². The smallest absolute Gasteiger partial charge is 0.280 e. The van der Waals surface area contributed by atoms with Crippen molar-refractivity contribution in [3.63, 3.8) is 0 Å². The van der Waals surface area contributed by atoms with E-state index < -0.39 is 0 Å². The number of benzene rings is 3. The molecule has 32 heavy (non-hydrogen) atoms. The van der Waals surface area contributed by atoms with Crippen LogP contribution in [0.15, 0.2) is 89.5 Å². The van der Waals surface area contributed by atoms with Crippen LogP contribution in [-0.4, -0.2) is 16.2 Å². The summed E-state index contributed by atoms with van der Waals surface area (Å²) in [4.78, 5) is 13.2. The van der Waals surface area contributed by atoms with Gasteiger partial charge in [0, 0.05) is 33.7 Å². The Bertz CT molecular complexity index is 1380. The number of carbonyl (C=O) groups excluding carboxylic acids is 1.